The van der Waals surface area contributed by atoms with Crippen molar-refractivity contribution in [2.45, 2.75) is 38.8 Å². The Balaban J connectivity index is 1.37. The number of carbonyl (C=O) groups excluding carboxylic acids is 1. The Labute approximate surface area is 211 Å². The highest BCUT2D eigenvalue weighted by Crippen LogP contribution is 2.42. The van der Waals surface area contributed by atoms with Gasteiger partial charge >= 0.3 is 0 Å². The summed E-state index contributed by atoms with van der Waals surface area (Å²) >= 11 is 1.70. The van der Waals surface area contributed by atoms with Gasteiger partial charge in [-0.15, -0.1) is 11.3 Å². The van der Waals surface area contributed by atoms with E-state index in [0.29, 0.717) is 12.3 Å². The predicted molar refractivity (Wildman–Crippen MR) is 138 cm³/mol. The van der Waals surface area contributed by atoms with Gasteiger partial charge in [-0.25, -0.2) is 4.98 Å². The zero-order valence-corrected chi connectivity index (χ0v) is 21.5. The van der Waals surface area contributed by atoms with Crippen LogP contribution in [0.25, 0.3) is 0 Å². The largest absolute Gasteiger partial charge is 0.493 e. The lowest BCUT2D eigenvalue weighted by Crippen LogP contribution is -2.46. The number of carbonyl (C=O) groups is 1. The third-order valence-electron chi connectivity index (χ3n) is 7.26. The van der Waals surface area contributed by atoms with E-state index in [9.17, 15) is 4.79 Å². The van der Waals surface area contributed by atoms with Gasteiger partial charge in [-0.1, -0.05) is 30.3 Å². The van der Waals surface area contributed by atoms with Crippen molar-refractivity contribution < 1.29 is 14.3 Å². The molecule has 2 aromatic carbocycles. The SMILES string of the molecule is COc1cc2c(cc1OC)C(c1ccccc1)N(C(=O)C1CCN(Cc3csc(C)n3)CC1)CC2. The molecule has 3 aromatic rings. The molecule has 1 unspecified atom stereocenters. The van der Waals surface area contributed by atoms with Crippen LogP contribution in [0.5, 0.6) is 11.5 Å². The minimum atomic E-state index is -0.122. The van der Waals surface area contributed by atoms with Crippen molar-refractivity contribution in [3.05, 3.63) is 75.2 Å². The summed E-state index contributed by atoms with van der Waals surface area (Å²) in [4.78, 5) is 23.1. The van der Waals surface area contributed by atoms with E-state index in [1.165, 1.54) is 5.56 Å². The van der Waals surface area contributed by atoms with Crippen LogP contribution in [0.4, 0.5) is 0 Å². The molecule has 2 aliphatic heterocycles. The van der Waals surface area contributed by atoms with E-state index in [1.54, 1.807) is 25.6 Å². The molecule has 0 aliphatic carbocycles. The van der Waals surface area contributed by atoms with E-state index in [-0.39, 0.29) is 17.9 Å². The Hall–Kier alpha value is -2.90. The van der Waals surface area contributed by atoms with E-state index in [0.717, 1.165) is 66.5 Å². The number of hydrogen-bond donors (Lipinski definition) is 0. The van der Waals surface area contributed by atoms with Crippen LogP contribution in [0.2, 0.25) is 0 Å². The fourth-order valence-electron chi connectivity index (χ4n) is 5.46. The zero-order valence-electron chi connectivity index (χ0n) is 20.7. The first kappa shape index (κ1) is 23.8. The number of hydrogen-bond acceptors (Lipinski definition) is 6. The number of aromatic nitrogens is 1. The number of amides is 1. The maximum absolute atomic E-state index is 13.9. The summed E-state index contributed by atoms with van der Waals surface area (Å²) in [6, 6.07) is 14.4. The van der Waals surface area contributed by atoms with Gasteiger partial charge in [0.1, 0.15) is 0 Å². The monoisotopic (exact) mass is 491 g/mol. The van der Waals surface area contributed by atoms with Gasteiger partial charge in [0.25, 0.3) is 0 Å². The normalized spacial score (nSPS) is 18.8. The van der Waals surface area contributed by atoms with E-state index in [2.05, 4.69) is 44.4 Å². The van der Waals surface area contributed by atoms with Gasteiger partial charge in [0, 0.05) is 24.4 Å². The van der Waals surface area contributed by atoms with Gasteiger partial charge in [-0.05, 0) is 68.1 Å². The molecule has 1 atom stereocenters. The summed E-state index contributed by atoms with van der Waals surface area (Å²) in [5.41, 5.74) is 4.61. The van der Waals surface area contributed by atoms with E-state index in [4.69, 9.17) is 9.47 Å². The molecule has 6 nitrogen and oxygen atoms in total. The van der Waals surface area contributed by atoms with E-state index < -0.39 is 0 Å². The lowest BCUT2D eigenvalue weighted by Gasteiger charge is -2.41. The molecule has 35 heavy (non-hydrogen) atoms. The number of likely N-dealkylation sites (tertiary alicyclic amines) is 1. The molecular formula is C28H33N3O3S. The van der Waals surface area contributed by atoms with Crippen molar-refractivity contribution in [3.8, 4) is 11.5 Å². The molecule has 1 saturated heterocycles. The van der Waals surface area contributed by atoms with Crippen LogP contribution in [-0.4, -0.2) is 54.5 Å². The summed E-state index contributed by atoms with van der Waals surface area (Å²) in [5, 5.41) is 3.25. The van der Waals surface area contributed by atoms with Gasteiger partial charge in [-0.3, -0.25) is 9.69 Å². The number of nitrogens with zero attached hydrogens (tertiary/aromatic N) is 3. The summed E-state index contributed by atoms with van der Waals surface area (Å²) in [7, 11) is 3.33. The van der Waals surface area contributed by atoms with Crippen LogP contribution < -0.4 is 9.47 Å². The number of piperidine rings is 1. The minimum absolute atomic E-state index is 0.0522. The number of fused-ring (bicyclic) bond motifs is 1. The highest BCUT2D eigenvalue weighted by molar-refractivity contribution is 7.09. The standard InChI is InChI=1S/C28H33N3O3S/c1-19-29-23(18-35-19)17-30-12-9-21(10-13-30)28(32)31-14-11-22-15-25(33-2)26(34-3)16-24(22)27(31)20-7-5-4-6-8-20/h4-8,15-16,18,21,27H,9-14,17H2,1-3H3. The topological polar surface area (TPSA) is 54.9 Å². The molecule has 5 rings (SSSR count). The lowest BCUT2D eigenvalue weighted by atomic mass is 9.85. The average Bonchev–Trinajstić information content (AvgIpc) is 3.31. The van der Waals surface area contributed by atoms with E-state index >= 15 is 0 Å². The number of aryl methyl sites for hydroxylation is 1. The number of ether oxygens (including phenoxy) is 2. The Morgan fingerprint density at radius 2 is 1.77 bits per heavy atom. The smallest absolute Gasteiger partial charge is 0.226 e. The van der Waals surface area contributed by atoms with Crippen molar-refractivity contribution in [1.82, 2.24) is 14.8 Å². The van der Waals surface area contributed by atoms with Crippen molar-refractivity contribution in [3.63, 3.8) is 0 Å². The van der Waals surface area contributed by atoms with Crippen LogP contribution >= 0.6 is 11.3 Å². The molecule has 2 aliphatic rings. The molecule has 3 heterocycles. The molecule has 7 heteroatoms. The predicted octanol–water partition coefficient (Wildman–Crippen LogP) is 4.86. The molecule has 184 valence electrons. The Morgan fingerprint density at radius 3 is 2.43 bits per heavy atom. The molecule has 1 fully saturated rings. The van der Waals surface area contributed by atoms with Crippen molar-refractivity contribution in [2.24, 2.45) is 5.92 Å². The van der Waals surface area contributed by atoms with Crippen LogP contribution in [0.15, 0.2) is 47.8 Å². The summed E-state index contributed by atoms with van der Waals surface area (Å²) in [5.74, 6) is 1.76. The van der Waals surface area contributed by atoms with Gasteiger partial charge in [0.15, 0.2) is 11.5 Å². The lowest BCUT2D eigenvalue weighted by molar-refractivity contribution is -0.139. The number of rotatable bonds is 6. The molecule has 1 aromatic heterocycles. The van der Waals surface area contributed by atoms with Gasteiger partial charge in [0.2, 0.25) is 5.91 Å². The zero-order chi connectivity index (χ0) is 24.4. The molecule has 1 amide bonds. The number of methoxy groups -OCH3 is 2. The minimum Gasteiger partial charge on any atom is -0.493 e. The number of benzene rings is 2. The molecule has 0 bridgehead atoms. The van der Waals surface area contributed by atoms with Crippen LogP contribution in [0.1, 0.15) is 46.3 Å². The molecule has 0 saturated carbocycles. The molecule has 0 N–H and O–H groups in total. The van der Waals surface area contributed by atoms with Crippen molar-refractivity contribution >= 4 is 17.2 Å². The fraction of sp³-hybridized carbons (Fsp3) is 0.429. The first-order chi connectivity index (χ1) is 17.1. The maximum Gasteiger partial charge on any atom is 0.226 e. The Bertz CT molecular complexity index is 1170. The molecule has 0 radical (unpaired) electrons. The highest BCUT2D eigenvalue weighted by Gasteiger charge is 2.37. The second kappa shape index (κ2) is 10.4. The van der Waals surface area contributed by atoms with Crippen LogP contribution in [-0.2, 0) is 17.8 Å². The molecular weight excluding hydrogens is 458 g/mol. The van der Waals surface area contributed by atoms with Crippen LogP contribution in [0.3, 0.4) is 0 Å². The fourth-order valence-corrected chi connectivity index (χ4v) is 6.06. The number of thiazole rings is 1. The quantitative estimate of drug-likeness (QED) is 0.493. The second-order valence-corrected chi connectivity index (χ2v) is 10.5. The Morgan fingerprint density at radius 1 is 1.06 bits per heavy atom. The maximum atomic E-state index is 13.9. The third kappa shape index (κ3) is 4.93. The van der Waals surface area contributed by atoms with Crippen LogP contribution in [0, 0.1) is 12.8 Å². The first-order valence-corrected chi connectivity index (χ1v) is 13.2. The Kier molecular flexibility index (Phi) is 7.07. The van der Waals surface area contributed by atoms with Gasteiger partial charge in [-0.2, -0.15) is 0 Å². The average molecular weight is 492 g/mol. The summed E-state index contributed by atoms with van der Waals surface area (Å²) in [6.07, 6.45) is 2.59. The summed E-state index contributed by atoms with van der Waals surface area (Å²) < 4.78 is 11.2. The van der Waals surface area contributed by atoms with Gasteiger partial charge < -0.3 is 14.4 Å². The summed E-state index contributed by atoms with van der Waals surface area (Å²) in [6.45, 7) is 5.48. The van der Waals surface area contributed by atoms with Crippen molar-refractivity contribution in [1.29, 1.82) is 0 Å². The van der Waals surface area contributed by atoms with E-state index in [1.807, 2.05) is 25.1 Å². The highest BCUT2D eigenvalue weighted by atomic mass is 32.1. The van der Waals surface area contributed by atoms with Gasteiger partial charge in [0.05, 0.1) is 31.0 Å². The third-order valence-corrected chi connectivity index (χ3v) is 8.08. The second-order valence-electron chi connectivity index (χ2n) is 9.41. The molecule has 0 spiro atoms. The first-order valence-electron chi connectivity index (χ1n) is 12.3. The van der Waals surface area contributed by atoms with Crippen molar-refractivity contribution in [2.75, 3.05) is 33.9 Å².